The van der Waals surface area contributed by atoms with Crippen molar-refractivity contribution in [2.45, 2.75) is 38.0 Å². The second kappa shape index (κ2) is 8.17. The number of nitrogens with one attached hydrogen (secondary N) is 1. The van der Waals surface area contributed by atoms with E-state index in [9.17, 15) is 4.79 Å². The third kappa shape index (κ3) is 4.25. The van der Waals surface area contributed by atoms with Gasteiger partial charge in [-0.05, 0) is 65.8 Å². The van der Waals surface area contributed by atoms with Crippen LogP contribution in [-0.4, -0.2) is 10.9 Å². The Bertz CT molecular complexity index is 880. The van der Waals surface area contributed by atoms with Gasteiger partial charge in [-0.15, -0.1) is 0 Å². The quantitative estimate of drug-likeness (QED) is 0.618. The molecule has 4 rings (SSSR count). The maximum Gasteiger partial charge on any atom is 0.255 e. The fourth-order valence-electron chi connectivity index (χ4n) is 3.83. The molecule has 27 heavy (non-hydrogen) atoms. The number of hydrogen-bond acceptors (Lipinski definition) is 2. The first kappa shape index (κ1) is 17.5. The second-order valence-electron chi connectivity index (χ2n) is 7.23. The minimum Gasteiger partial charge on any atom is -0.322 e. The minimum absolute atomic E-state index is 0.0850. The fourth-order valence-corrected chi connectivity index (χ4v) is 3.83. The maximum absolute atomic E-state index is 12.5. The van der Waals surface area contributed by atoms with Gasteiger partial charge in [0.05, 0.1) is 0 Å². The zero-order chi connectivity index (χ0) is 18.5. The molecule has 1 aromatic heterocycles. The predicted octanol–water partition coefficient (Wildman–Crippen LogP) is 6.05. The molecule has 0 radical (unpaired) electrons. The summed E-state index contributed by atoms with van der Waals surface area (Å²) in [5, 5.41) is 3.00. The first-order valence-electron chi connectivity index (χ1n) is 9.71. The van der Waals surface area contributed by atoms with Crippen molar-refractivity contribution in [3.8, 4) is 11.1 Å². The lowest BCUT2D eigenvalue weighted by Crippen LogP contribution is -2.12. The Hall–Kier alpha value is -2.94. The zero-order valence-electron chi connectivity index (χ0n) is 15.4. The van der Waals surface area contributed by atoms with E-state index in [0.717, 1.165) is 16.8 Å². The summed E-state index contributed by atoms with van der Waals surface area (Å²) >= 11 is 0. The highest BCUT2D eigenvalue weighted by atomic mass is 16.1. The van der Waals surface area contributed by atoms with Gasteiger partial charge in [-0.3, -0.25) is 9.78 Å². The van der Waals surface area contributed by atoms with Crippen LogP contribution in [0.1, 0.15) is 53.9 Å². The lowest BCUT2D eigenvalue weighted by atomic mass is 9.84. The number of rotatable bonds is 4. The Kier molecular flexibility index (Phi) is 5.29. The van der Waals surface area contributed by atoms with Gasteiger partial charge < -0.3 is 5.32 Å². The fraction of sp³-hybridized carbons (Fsp3) is 0.250. The number of benzene rings is 2. The van der Waals surface area contributed by atoms with E-state index >= 15 is 0 Å². The SMILES string of the molecule is O=C(Nc1ccc(C2CCCCC2)cc1)c1ccc(-c2cccnc2)cc1. The molecule has 1 aliphatic rings. The summed E-state index contributed by atoms with van der Waals surface area (Å²) in [5.41, 5.74) is 4.99. The van der Waals surface area contributed by atoms with E-state index < -0.39 is 0 Å². The molecular weight excluding hydrogens is 332 g/mol. The van der Waals surface area contributed by atoms with Gasteiger partial charge in [0.25, 0.3) is 5.91 Å². The highest BCUT2D eigenvalue weighted by molar-refractivity contribution is 6.04. The summed E-state index contributed by atoms with van der Waals surface area (Å²) in [6.45, 7) is 0. The molecule has 1 aliphatic carbocycles. The molecule has 1 N–H and O–H groups in total. The van der Waals surface area contributed by atoms with E-state index in [1.807, 2.05) is 54.7 Å². The number of amides is 1. The molecule has 1 amide bonds. The van der Waals surface area contributed by atoms with Gasteiger partial charge in [0.2, 0.25) is 0 Å². The monoisotopic (exact) mass is 356 g/mol. The lowest BCUT2D eigenvalue weighted by molar-refractivity contribution is 0.102. The van der Waals surface area contributed by atoms with Crippen molar-refractivity contribution in [3.63, 3.8) is 0 Å². The van der Waals surface area contributed by atoms with Crippen LogP contribution in [0.5, 0.6) is 0 Å². The van der Waals surface area contributed by atoms with Crippen LogP contribution >= 0.6 is 0 Å². The Labute approximate surface area is 160 Å². The third-order valence-electron chi connectivity index (χ3n) is 5.39. The van der Waals surface area contributed by atoms with Gasteiger partial charge in [-0.1, -0.05) is 49.6 Å². The Morgan fingerprint density at radius 3 is 2.26 bits per heavy atom. The standard InChI is InChI=1S/C24H24N2O/c27-24(21-10-8-20(9-11-21)22-7-4-16-25-17-22)26-23-14-12-19(13-15-23)18-5-2-1-3-6-18/h4,7-18H,1-3,5-6H2,(H,26,27). The number of carbonyl (C=O) groups excluding carboxylic acids is 1. The first-order valence-corrected chi connectivity index (χ1v) is 9.71. The van der Waals surface area contributed by atoms with Crippen LogP contribution in [0.3, 0.4) is 0 Å². The van der Waals surface area contributed by atoms with Crippen molar-refractivity contribution in [2.75, 3.05) is 5.32 Å². The first-order chi connectivity index (χ1) is 13.3. The molecule has 1 heterocycles. The number of pyridine rings is 1. The van der Waals surface area contributed by atoms with Crippen molar-refractivity contribution in [3.05, 3.63) is 84.2 Å². The van der Waals surface area contributed by atoms with Crippen molar-refractivity contribution in [1.29, 1.82) is 0 Å². The van der Waals surface area contributed by atoms with Crippen molar-refractivity contribution < 1.29 is 4.79 Å². The molecule has 1 saturated carbocycles. The number of hydrogen-bond donors (Lipinski definition) is 1. The Morgan fingerprint density at radius 2 is 1.59 bits per heavy atom. The van der Waals surface area contributed by atoms with Gasteiger partial charge in [-0.25, -0.2) is 0 Å². The highest BCUT2D eigenvalue weighted by Gasteiger charge is 2.15. The molecule has 136 valence electrons. The van der Waals surface area contributed by atoms with Crippen LogP contribution in [-0.2, 0) is 0 Å². The summed E-state index contributed by atoms with van der Waals surface area (Å²) in [6, 6.07) is 19.9. The molecule has 0 spiro atoms. The molecule has 3 nitrogen and oxygen atoms in total. The van der Waals surface area contributed by atoms with Crippen molar-refractivity contribution in [1.82, 2.24) is 4.98 Å². The molecular formula is C24H24N2O. The number of carbonyl (C=O) groups is 1. The van der Waals surface area contributed by atoms with Gasteiger partial charge >= 0.3 is 0 Å². The van der Waals surface area contributed by atoms with Gasteiger partial charge in [0.1, 0.15) is 0 Å². The third-order valence-corrected chi connectivity index (χ3v) is 5.39. The smallest absolute Gasteiger partial charge is 0.255 e. The van der Waals surface area contributed by atoms with Gasteiger partial charge in [0, 0.05) is 23.6 Å². The molecule has 3 aromatic rings. The van der Waals surface area contributed by atoms with E-state index in [2.05, 4.69) is 22.4 Å². The number of nitrogens with zero attached hydrogens (tertiary/aromatic N) is 1. The largest absolute Gasteiger partial charge is 0.322 e. The molecule has 0 aliphatic heterocycles. The molecule has 0 atom stereocenters. The van der Waals surface area contributed by atoms with Gasteiger partial charge in [0.15, 0.2) is 0 Å². The maximum atomic E-state index is 12.5. The van der Waals surface area contributed by atoms with Crippen molar-refractivity contribution >= 4 is 11.6 Å². The average molecular weight is 356 g/mol. The summed E-state index contributed by atoms with van der Waals surface area (Å²) in [6.07, 6.45) is 10.2. The summed E-state index contributed by atoms with van der Waals surface area (Å²) in [5.74, 6) is 0.599. The molecule has 0 bridgehead atoms. The summed E-state index contributed by atoms with van der Waals surface area (Å²) in [4.78, 5) is 16.7. The molecule has 3 heteroatoms. The van der Waals surface area contributed by atoms with Crippen LogP contribution in [0.2, 0.25) is 0 Å². The van der Waals surface area contributed by atoms with Crippen LogP contribution in [0.25, 0.3) is 11.1 Å². The van der Waals surface area contributed by atoms with E-state index in [0.29, 0.717) is 11.5 Å². The van der Waals surface area contributed by atoms with E-state index in [-0.39, 0.29) is 5.91 Å². The normalized spacial score (nSPS) is 14.7. The van der Waals surface area contributed by atoms with Crippen LogP contribution in [0.4, 0.5) is 5.69 Å². The van der Waals surface area contributed by atoms with E-state index in [4.69, 9.17) is 0 Å². The molecule has 0 unspecified atom stereocenters. The molecule has 2 aromatic carbocycles. The number of aromatic nitrogens is 1. The molecule has 1 fully saturated rings. The number of anilines is 1. The second-order valence-corrected chi connectivity index (χ2v) is 7.23. The van der Waals surface area contributed by atoms with Crippen LogP contribution in [0, 0.1) is 0 Å². The zero-order valence-corrected chi connectivity index (χ0v) is 15.4. The average Bonchev–Trinajstić information content (AvgIpc) is 2.76. The lowest BCUT2D eigenvalue weighted by Gasteiger charge is -2.22. The topological polar surface area (TPSA) is 42.0 Å². The van der Waals surface area contributed by atoms with E-state index in [1.54, 1.807) is 6.20 Å². The van der Waals surface area contributed by atoms with Crippen LogP contribution < -0.4 is 5.32 Å². The Morgan fingerprint density at radius 1 is 0.852 bits per heavy atom. The molecule has 0 saturated heterocycles. The van der Waals surface area contributed by atoms with Crippen LogP contribution in [0.15, 0.2) is 73.1 Å². The minimum atomic E-state index is -0.0850. The van der Waals surface area contributed by atoms with Gasteiger partial charge in [-0.2, -0.15) is 0 Å². The predicted molar refractivity (Wildman–Crippen MR) is 110 cm³/mol. The van der Waals surface area contributed by atoms with E-state index in [1.165, 1.54) is 37.7 Å². The highest BCUT2D eigenvalue weighted by Crippen LogP contribution is 2.33. The van der Waals surface area contributed by atoms with Crippen molar-refractivity contribution in [2.24, 2.45) is 0 Å². The Balaban J connectivity index is 1.41. The summed E-state index contributed by atoms with van der Waals surface area (Å²) < 4.78 is 0. The summed E-state index contributed by atoms with van der Waals surface area (Å²) in [7, 11) is 0.